The molecule has 0 bridgehead atoms. The van der Waals surface area contributed by atoms with Crippen LogP contribution >= 0.6 is 0 Å². The summed E-state index contributed by atoms with van der Waals surface area (Å²) in [7, 11) is 4.48. The van der Waals surface area contributed by atoms with E-state index in [0.717, 1.165) is 17.9 Å². The minimum absolute atomic E-state index is 0.919. The Morgan fingerprint density at radius 1 is 1.00 bits per heavy atom. The first-order chi connectivity index (χ1) is 5.29. The predicted octanol–water partition coefficient (Wildman–Crippen LogP) is 2.13. The highest BCUT2D eigenvalue weighted by Crippen LogP contribution is 2.45. The first-order valence-electron chi connectivity index (χ1n) is 4.95. The molecule has 2 aliphatic carbocycles. The van der Waals surface area contributed by atoms with Gasteiger partial charge in [-0.1, -0.05) is 12.8 Å². The Labute approximate surface area is 69.8 Å². The molecule has 0 aromatic carbocycles. The molecule has 0 aromatic heterocycles. The van der Waals surface area contributed by atoms with E-state index in [1.165, 1.54) is 32.1 Å². The smallest absolute Gasteiger partial charge is 0.0120 e. The van der Waals surface area contributed by atoms with Crippen LogP contribution in [0.1, 0.15) is 32.1 Å². The Balaban J connectivity index is 2.03. The zero-order valence-electron chi connectivity index (χ0n) is 7.71. The summed E-state index contributed by atoms with van der Waals surface area (Å²) in [6, 6.07) is 0.919. The average Bonchev–Trinajstić information content (AvgIpc) is 2.41. The summed E-state index contributed by atoms with van der Waals surface area (Å²) < 4.78 is 0. The van der Waals surface area contributed by atoms with E-state index in [0.29, 0.717) is 0 Å². The van der Waals surface area contributed by atoms with Gasteiger partial charge >= 0.3 is 0 Å². The van der Waals surface area contributed by atoms with E-state index in [-0.39, 0.29) is 0 Å². The quantitative estimate of drug-likeness (QED) is 0.558. The largest absolute Gasteiger partial charge is 0.306 e. The van der Waals surface area contributed by atoms with Gasteiger partial charge < -0.3 is 4.90 Å². The summed E-state index contributed by atoms with van der Waals surface area (Å²) in [5.74, 6) is 2.16. The maximum Gasteiger partial charge on any atom is 0.0120 e. The molecule has 0 amide bonds. The third kappa shape index (κ3) is 1.20. The Kier molecular flexibility index (Phi) is 1.92. The maximum atomic E-state index is 2.44. The fourth-order valence-corrected chi connectivity index (χ4v) is 3.17. The van der Waals surface area contributed by atoms with Crippen LogP contribution in [0.2, 0.25) is 0 Å². The van der Waals surface area contributed by atoms with Crippen LogP contribution in [0.3, 0.4) is 0 Å². The fourth-order valence-electron chi connectivity index (χ4n) is 3.17. The monoisotopic (exact) mass is 153 g/mol. The van der Waals surface area contributed by atoms with Crippen LogP contribution < -0.4 is 0 Å². The van der Waals surface area contributed by atoms with Crippen molar-refractivity contribution >= 4 is 0 Å². The fraction of sp³-hybridized carbons (Fsp3) is 1.00. The average molecular weight is 153 g/mol. The zero-order chi connectivity index (χ0) is 7.84. The molecule has 64 valence electrons. The highest BCUT2D eigenvalue weighted by atomic mass is 15.1. The van der Waals surface area contributed by atoms with Gasteiger partial charge in [0, 0.05) is 6.04 Å². The minimum Gasteiger partial charge on any atom is -0.306 e. The third-order valence-corrected chi connectivity index (χ3v) is 3.71. The van der Waals surface area contributed by atoms with Crippen LogP contribution in [0.4, 0.5) is 0 Å². The first-order valence-corrected chi connectivity index (χ1v) is 4.95. The highest BCUT2D eigenvalue weighted by molar-refractivity contribution is 4.92. The highest BCUT2D eigenvalue weighted by Gasteiger charge is 2.39. The van der Waals surface area contributed by atoms with Crippen LogP contribution in [-0.2, 0) is 0 Å². The molecule has 0 radical (unpaired) electrons. The van der Waals surface area contributed by atoms with Gasteiger partial charge in [-0.15, -0.1) is 0 Å². The zero-order valence-corrected chi connectivity index (χ0v) is 7.71. The van der Waals surface area contributed by atoms with Gasteiger partial charge in [-0.3, -0.25) is 0 Å². The van der Waals surface area contributed by atoms with E-state index in [4.69, 9.17) is 0 Å². The van der Waals surface area contributed by atoms with Gasteiger partial charge in [0.15, 0.2) is 0 Å². The lowest BCUT2D eigenvalue weighted by atomic mass is 9.97. The molecular formula is C10H19N. The van der Waals surface area contributed by atoms with Crippen molar-refractivity contribution in [1.29, 1.82) is 0 Å². The molecule has 0 aromatic rings. The van der Waals surface area contributed by atoms with E-state index in [9.17, 15) is 0 Å². The molecule has 0 spiro atoms. The van der Waals surface area contributed by atoms with Gasteiger partial charge in [0.05, 0.1) is 0 Å². The molecule has 11 heavy (non-hydrogen) atoms. The summed E-state index contributed by atoms with van der Waals surface area (Å²) in [4.78, 5) is 2.44. The van der Waals surface area contributed by atoms with Crippen LogP contribution in [0.25, 0.3) is 0 Å². The number of nitrogens with zero attached hydrogens (tertiary/aromatic N) is 1. The molecule has 2 aliphatic rings. The van der Waals surface area contributed by atoms with Crippen LogP contribution in [0.5, 0.6) is 0 Å². The van der Waals surface area contributed by atoms with Gasteiger partial charge in [0.2, 0.25) is 0 Å². The normalized spacial score (nSPS) is 43.4. The molecule has 2 fully saturated rings. The number of hydrogen-bond acceptors (Lipinski definition) is 1. The second-order valence-electron chi connectivity index (χ2n) is 4.46. The molecule has 2 rings (SSSR count). The lowest BCUT2D eigenvalue weighted by molar-refractivity contribution is 0.226. The van der Waals surface area contributed by atoms with Gasteiger partial charge in [0.1, 0.15) is 0 Å². The van der Waals surface area contributed by atoms with Gasteiger partial charge in [-0.2, -0.15) is 0 Å². The van der Waals surface area contributed by atoms with Gasteiger partial charge in [-0.05, 0) is 45.2 Å². The summed E-state index contributed by atoms with van der Waals surface area (Å²) in [5, 5.41) is 0. The Morgan fingerprint density at radius 3 is 2.55 bits per heavy atom. The Morgan fingerprint density at radius 2 is 1.82 bits per heavy atom. The van der Waals surface area contributed by atoms with Crippen molar-refractivity contribution in [2.24, 2.45) is 11.8 Å². The molecule has 1 nitrogen and oxygen atoms in total. The SMILES string of the molecule is CN(C)[C@H]1CC[C@@H]2CCCC21. The predicted molar refractivity (Wildman–Crippen MR) is 47.5 cm³/mol. The van der Waals surface area contributed by atoms with Gasteiger partial charge in [0.25, 0.3) is 0 Å². The van der Waals surface area contributed by atoms with E-state index >= 15 is 0 Å². The lowest BCUT2D eigenvalue weighted by Gasteiger charge is -2.25. The molecule has 0 N–H and O–H groups in total. The lowest BCUT2D eigenvalue weighted by Crippen LogP contribution is -2.31. The van der Waals surface area contributed by atoms with Crippen molar-refractivity contribution in [1.82, 2.24) is 4.90 Å². The van der Waals surface area contributed by atoms with Crippen molar-refractivity contribution in [3.05, 3.63) is 0 Å². The molecule has 1 heteroatoms. The second kappa shape index (κ2) is 2.78. The van der Waals surface area contributed by atoms with Crippen LogP contribution in [0.15, 0.2) is 0 Å². The third-order valence-electron chi connectivity index (χ3n) is 3.71. The van der Waals surface area contributed by atoms with E-state index in [1.807, 2.05) is 0 Å². The molecule has 0 heterocycles. The van der Waals surface area contributed by atoms with Crippen molar-refractivity contribution in [2.75, 3.05) is 14.1 Å². The number of hydrogen-bond donors (Lipinski definition) is 0. The second-order valence-corrected chi connectivity index (χ2v) is 4.46. The summed E-state index contributed by atoms with van der Waals surface area (Å²) >= 11 is 0. The van der Waals surface area contributed by atoms with Gasteiger partial charge in [-0.25, -0.2) is 0 Å². The Hall–Kier alpha value is -0.0400. The molecular weight excluding hydrogens is 134 g/mol. The molecule has 2 saturated carbocycles. The first kappa shape index (κ1) is 7.60. The van der Waals surface area contributed by atoms with Crippen LogP contribution in [-0.4, -0.2) is 25.0 Å². The molecule has 3 atom stereocenters. The Bertz CT molecular complexity index is 142. The summed E-state index contributed by atoms with van der Waals surface area (Å²) in [6.07, 6.45) is 7.50. The summed E-state index contributed by atoms with van der Waals surface area (Å²) in [6.45, 7) is 0. The topological polar surface area (TPSA) is 3.24 Å². The number of fused-ring (bicyclic) bond motifs is 1. The van der Waals surface area contributed by atoms with E-state index in [2.05, 4.69) is 19.0 Å². The number of rotatable bonds is 1. The summed E-state index contributed by atoms with van der Waals surface area (Å²) in [5.41, 5.74) is 0. The van der Waals surface area contributed by atoms with Crippen molar-refractivity contribution < 1.29 is 0 Å². The van der Waals surface area contributed by atoms with Crippen molar-refractivity contribution in [3.63, 3.8) is 0 Å². The van der Waals surface area contributed by atoms with E-state index < -0.39 is 0 Å². The maximum absolute atomic E-state index is 2.44. The van der Waals surface area contributed by atoms with Crippen LogP contribution in [0, 0.1) is 11.8 Å². The standard InChI is InChI=1S/C10H19N/c1-11(2)10-7-6-8-4-3-5-9(8)10/h8-10H,3-7H2,1-2H3/t8-,9?,10-/m0/s1. The molecule has 0 aliphatic heterocycles. The van der Waals surface area contributed by atoms with Crippen molar-refractivity contribution in [3.8, 4) is 0 Å². The minimum atomic E-state index is 0.919. The van der Waals surface area contributed by atoms with Crippen molar-refractivity contribution in [2.45, 2.75) is 38.1 Å². The van der Waals surface area contributed by atoms with E-state index in [1.54, 1.807) is 0 Å². The molecule has 1 unspecified atom stereocenters. The molecule has 0 saturated heterocycles.